The second-order valence-corrected chi connectivity index (χ2v) is 16.8. The summed E-state index contributed by atoms with van der Waals surface area (Å²) >= 11 is 0. The summed E-state index contributed by atoms with van der Waals surface area (Å²) in [7, 11) is 0. The first kappa shape index (κ1) is 55.8. The van der Waals surface area contributed by atoms with Gasteiger partial charge in [0.2, 0.25) is 5.91 Å². The van der Waals surface area contributed by atoms with Gasteiger partial charge < -0.3 is 20.3 Å². The van der Waals surface area contributed by atoms with Crippen molar-refractivity contribution >= 4 is 11.9 Å². The summed E-state index contributed by atoms with van der Waals surface area (Å²) in [5, 5.41) is 23.0. The molecule has 0 aromatic rings. The van der Waals surface area contributed by atoms with Crippen LogP contribution in [0, 0.1) is 0 Å². The predicted molar refractivity (Wildman–Crippen MR) is 250 cm³/mol. The third-order valence-electron chi connectivity index (χ3n) is 11.1. The molecule has 2 atom stereocenters. The number of carbonyl (C=O) groups is 2. The average molecular weight is 814 g/mol. The lowest BCUT2D eigenvalue weighted by molar-refractivity contribution is -0.143. The average Bonchev–Trinajstić information content (AvgIpc) is 3.22. The van der Waals surface area contributed by atoms with E-state index in [0.717, 1.165) is 103 Å². The van der Waals surface area contributed by atoms with Crippen LogP contribution in [-0.2, 0) is 14.3 Å². The van der Waals surface area contributed by atoms with Gasteiger partial charge in [0.15, 0.2) is 0 Å². The van der Waals surface area contributed by atoms with Crippen molar-refractivity contribution < 1.29 is 24.5 Å². The lowest BCUT2D eigenvalue weighted by Crippen LogP contribution is -2.45. The molecule has 0 aromatic heterocycles. The minimum Gasteiger partial charge on any atom is -0.466 e. The van der Waals surface area contributed by atoms with Crippen molar-refractivity contribution in [1.29, 1.82) is 0 Å². The van der Waals surface area contributed by atoms with Gasteiger partial charge in [0.1, 0.15) is 0 Å². The van der Waals surface area contributed by atoms with Crippen LogP contribution in [0.4, 0.5) is 0 Å². The number of esters is 1. The van der Waals surface area contributed by atoms with Crippen LogP contribution in [0.25, 0.3) is 0 Å². The van der Waals surface area contributed by atoms with Gasteiger partial charge in [0.05, 0.1) is 25.4 Å². The van der Waals surface area contributed by atoms with E-state index in [2.05, 4.69) is 55.6 Å². The largest absolute Gasteiger partial charge is 0.466 e. The Balaban J connectivity index is 3.57. The van der Waals surface area contributed by atoms with Gasteiger partial charge in [-0.15, -0.1) is 0 Å². The van der Waals surface area contributed by atoms with E-state index < -0.39 is 12.1 Å². The number of hydrogen-bond acceptors (Lipinski definition) is 5. The van der Waals surface area contributed by atoms with Crippen LogP contribution in [-0.4, -0.2) is 47.4 Å². The molecular weight excluding hydrogens is 719 g/mol. The fraction of sp³-hybridized carbons (Fsp3) is 0.808. The smallest absolute Gasteiger partial charge is 0.305 e. The summed E-state index contributed by atoms with van der Waals surface area (Å²) < 4.78 is 5.43. The number of allylic oxidation sites excluding steroid dienone is 7. The summed E-state index contributed by atoms with van der Waals surface area (Å²) in [6.45, 7) is 4.78. The minimum atomic E-state index is -0.861. The zero-order valence-electron chi connectivity index (χ0n) is 38.3. The quantitative estimate of drug-likeness (QED) is 0.0323. The number of aliphatic hydroxyl groups is 2. The SMILES string of the molecule is CCCC/C=C\C/C=C\CCCCCCCC(=O)OCCCCC/C=C\CCCCCCCC(=O)NC(CO)C(O)/C=C/CCCCCCCCCCCCCCC. The molecule has 0 aliphatic heterocycles. The second kappa shape index (κ2) is 47.5. The van der Waals surface area contributed by atoms with Gasteiger partial charge in [0, 0.05) is 12.8 Å². The first-order valence-electron chi connectivity index (χ1n) is 24.9. The first-order valence-corrected chi connectivity index (χ1v) is 24.9. The van der Waals surface area contributed by atoms with Crippen LogP contribution in [0.2, 0.25) is 0 Å². The molecule has 0 saturated carbocycles. The number of aliphatic hydroxyl groups excluding tert-OH is 2. The van der Waals surface area contributed by atoms with Crippen molar-refractivity contribution in [3.05, 3.63) is 48.6 Å². The van der Waals surface area contributed by atoms with E-state index >= 15 is 0 Å². The summed E-state index contributed by atoms with van der Waals surface area (Å²) in [5.41, 5.74) is 0. The van der Waals surface area contributed by atoms with Gasteiger partial charge in [-0.05, 0) is 89.9 Å². The Kier molecular flexibility index (Phi) is 45.7. The molecule has 0 bridgehead atoms. The summed E-state index contributed by atoms with van der Waals surface area (Å²) in [6, 6.07) is -0.648. The molecule has 0 spiro atoms. The number of amides is 1. The molecule has 0 aliphatic carbocycles. The lowest BCUT2D eigenvalue weighted by Gasteiger charge is -2.20. The monoisotopic (exact) mass is 814 g/mol. The molecule has 2 unspecified atom stereocenters. The molecule has 58 heavy (non-hydrogen) atoms. The maximum atomic E-state index is 12.4. The van der Waals surface area contributed by atoms with Gasteiger partial charge in [-0.2, -0.15) is 0 Å². The Morgan fingerprint density at radius 3 is 1.38 bits per heavy atom. The van der Waals surface area contributed by atoms with Crippen molar-refractivity contribution in [2.24, 2.45) is 0 Å². The van der Waals surface area contributed by atoms with Gasteiger partial charge in [-0.25, -0.2) is 0 Å². The summed E-state index contributed by atoms with van der Waals surface area (Å²) in [5.74, 6) is -0.136. The minimum absolute atomic E-state index is 0.0400. The highest BCUT2D eigenvalue weighted by Crippen LogP contribution is 2.14. The van der Waals surface area contributed by atoms with E-state index in [0.29, 0.717) is 19.4 Å². The van der Waals surface area contributed by atoms with Crippen LogP contribution in [0.1, 0.15) is 245 Å². The molecule has 0 radical (unpaired) electrons. The Morgan fingerprint density at radius 1 is 0.483 bits per heavy atom. The topological polar surface area (TPSA) is 95.9 Å². The highest BCUT2D eigenvalue weighted by Gasteiger charge is 2.18. The van der Waals surface area contributed by atoms with Crippen molar-refractivity contribution in [2.75, 3.05) is 13.2 Å². The molecule has 0 heterocycles. The van der Waals surface area contributed by atoms with Crippen molar-refractivity contribution in [2.45, 2.75) is 257 Å². The first-order chi connectivity index (χ1) is 28.5. The van der Waals surface area contributed by atoms with E-state index in [1.54, 1.807) is 6.08 Å². The normalized spacial score (nSPS) is 13.1. The van der Waals surface area contributed by atoms with E-state index in [9.17, 15) is 19.8 Å². The molecule has 0 saturated heterocycles. The molecule has 0 aliphatic rings. The van der Waals surface area contributed by atoms with E-state index in [1.165, 1.54) is 116 Å². The highest BCUT2D eigenvalue weighted by molar-refractivity contribution is 5.76. The molecule has 6 nitrogen and oxygen atoms in total. The number of ether oxygens (including phenoxy) is 1. The number of carbonyl (C=O) groups excluding carboxylic acids is 2. The molecule has 0 aromatic carbocycles. The van der Waals surface area contributed by atoms with Crippen LogP contribution in [0.5, 0.6) is 0 Å². The zero-order valence-corrected chi connectivity index (χ0v) is 38.3. The number of rotatable bonds is 45. The van der Waals surface area contributed by atoms with E-state index in [-0.39, 0.29) is 18.5 Å². The fourth-order valence-corrected chi connectivity index (χ4v) is 7.17. The molecule has 0 rings (SSSR count). The third-order valence-corrected chi connectivity index (χ3v) is 11.1. The molecule has 6 heteroatoms. The molecular formula is C52H95NO5. The van der Waals surface area contributed by atoms with Gasteiger partial charge in [0.25, 0.3) is 0 Å². The summed E-state index contributed by atoms with van der Waals surface area (Å²) in [6.07, 6.45) is 58.1. The predicted octanol–water partition coefficient (Wildman–Crippen LogP) is 14.7. The number of hydrogen-bond donors (Lipinski definition) is 3. The fourth-order valence-electron chi connectivity index (χ4n) is 7.17. The van der Waals surface area contributed by atoms with Gasteiger partial charge in [-0.1, -0.05) is 191 Å². The van der Waals surface area contributed by atoms with Crippen LogP contribution in [0.3, 0.4) is 0 Å². The molecule has 3 N–H and O–H groups in total. The van der Waals surface area contributed by atoms with Gasteiger partial charge in [-0.3, -0.25) is 9.59 Å². The maximum Gasteiger partial charge on any atom is 0.305 e. The van der Waals surface area contributed by atoms with Crippen LogP contribution < -0.4 is 5.32 Å². The zero-order chi connectivity index (χ0) is 42.3. The van der Waals surface area contributed by atoms with Crippen molar-refractivity contribution in [1.82, 2.24) is 5.32 Å². The van der Waals surface area contributed by atoms with E-state index in [4.69, 9.17) is 4.74 Å². The van der Waals surface area contributed by atoms with Crippen molar-refractivity contribution in [3.8, 4) is 0 Å². The lowest BCUT2D eigenvalue weighted by atomic mass is 10.0. The molecule has 0 fully saturated rings. The second-order valence-electron chi connectivity index (χ2n) is 16.8. The standard InChI is InChI=1S/C52H95NO5/c1-3-5-7-9-11-13-15-17-19-20-24-28-32-36-40-44-50(55)49(48-54)53-51(56)45-41-37-33-29-25-22-23-27-31-35-39-43-47-58-52(57)46-42-38-34-30-26-21-18-16-14-12-10-8-6-4-2/h10,12,16,18,23,27,40,44,49-50,54-55H,3-9,11,13-15,17,19-22,24-26,28-39,41-43,45-48H2,1-2H3,(H,53,56)/b12-10-,18-16-,27-23-,44-40+. The van der Waals surface area contributed by atoms with E-state index in [1.807, 2.05) is 6.08 Å². The Bertz CT molecular complexity index is 988. The van der Waals surface area contributed by atoms with Gasteiger partial charge >= 0.3 is 5.97 Å². The Labute approximate surface area is 359 Å². The Hall–Kier alpha value is -2.18. The highest BCUT2D eigenvalue weighted by atomic mass is 16.5. The number of unbranched alkanes of at least 4 members (excludes halogenated alkanes) is 28. The third kappa shape index (κ3) is 43.4. The maximum absolute atomic E-state index is 12.4. The van der Waals surface area contributed by atoms with Crippen molar-refractivity contribution in [3.63, 3.8) is 0 Å². The number of nitrogens with one attached hydrogen (secondary N) is 1. The summed E-state index contributed by atoms with van der Waals surface area (Å²) in [4.78, 5) is 24.4. The molecule has 1 amide bonds. The van der Waals surface area contributed by atoms with Crippen LogP contribution >= 0.6 is 0 Å². The Morgan fingerprint density at radius 2 is 0.879 bits per heavy atom. The van der Waals surface area contributed by atoms with Crippen LogP contribution in [0.15, 0.2) is 48.6 Å². The molecule has 338 valence electrons.